The molecule has 1 saturated heterocycles. The van der Waals surface area contributed by atoms with Crippen LogP contribution in [0.4, 0.5) is 10.5 Å². The summed E-state index contributed by atoms with van der Waals surface area (Å²) in [5.74, 6) is 0.702. The molecule has 0 atom stereocenters. The van der Waals surface area contributed by atoms with Crippen molar-refractivity contribution in [3.05, 3.63) is 69.0 Å². The van der Waals surface area contributed by atoms with E-state index in [9.17, 15) is 9.59 Å². The van der Waals surface area contributed by atoms with Gasteiger partial charge in [-0.15, -0.1) is 0 Å². The molecule has 0 saturated carbocycles. The van der Waals surface area contributed by atoms with Crippen LogP contribution >= 0.6 is 39.3 Å². The van der Waals surface area contributed by atoms with E-state index in [0.29, 0.717) is 50.4 Å². The highest BCUT2D eigenvalue weighted by Crippen LogP contribution is 2.40. The first-order chi connectivity index (χ1) is 13.9. The number of thioether (sulfide) groups is 1. The molecule has 150 valence electrons. The third kappa shape index (κ3) is 4.86. The van der Waals surface area contributed by atoms with E-state index >= 15 is 0 Å². The number of carbonyl (C=O) groups is 2. The third-order valence-corrected chi connectivity index (χ3v) is 5.56. The third-order valence-electron chi connectivity index (χ3n) is 3.85. The molecule has 3 rings (SSSR count). The Labute approximate surface area is 186 Å². The number of hydrogen-bond acceptors (Lipinski definition) is 5. The summed E-state index contributed by atoms with van der Waals surface area (Å²) < 4.78 is 12.0. The molecule has 1 aliphatic rings. The quantitative estimate of drug-likeness (QED) is 0.334. The SMILES string of the molecule is C=CCOc1c(Br)cc(/C=C2/SC(=O)N(c3ccc(Cl)cc3)C2=O)cc1OCC. The minimum atomic E-state index is -0.386. The Bertz CT molecular complexity index is 991. The molecular weight excluding hydrogens is 478 g/mol. The van der Waals surface area contributed by atoms with Crippen molar-refractivity contribution in [2.75, 3.05) is 18.1 Å². The lowest BCUT2D eigenvalue weighted by Crippen LogP contribution is -2.27. The molecule has 1 aliphatic heterocycles. The maximum absolute atomic E-state index is 12.8. The van der Waals surface area contributed by atoms with Gasteiger partial charge in [-0.1, -0.05) is 24.3 Å². The molecule has 2 aromatic carbocycles. The second-order valence-corrected chi connectivity index (χ2v) is 8.14. The van der Waals surface area contributed by atoms with E-state index in [1.165, 1.54) is 0 Å². The van der Waals surface area contributed by atoms with Crippen molar-refractivity contribution in [2.24, 2.45) is 0 Å². The van der Waals surface area contributed by atoms with Crippen molar-refractivity contribution in [1.29, 1.82) is 0 Å². The van der Waals surface area contributed by atoms with Crippen molar-refractivity contribution in [3.63, 3.8) is 0 Å². The molecule has 0 bridgehead atoms. The maximum Gasteiger partial charge on any atom is 0.298 e. The van der Waals surface area contributed by atoms with Crippen molar-refractivity contribution >= 4 is 62.2 Å². The fourth-order valence-electron chi connectivity index (χ4n) is 2.65. The van der Waals surface area contributed by atoms with E-state index in [4.69, 9.17) is 21.1 Å². The summed E-state index contributed by atoms with van der Waals surface area (Å²) in [4.78, 5) is 26.7. The molecular formula is C21H17BrClNO4S. The molecule has 2 aromatic rings. The highest BCUT2D eigenvalue weighted by molar-refractivity contribution is 9.10. The molecule has 29 heavy (non-hydrogen) atoms. The first kappa shape index (κ1) is 21.5. The molecule has 0 unspecified atom stereocenters. The number of nitrogens with zero attached hydrogens (tertiary/aromatic N) is 1. The van der Waals surface area contributed by atoms with Crippen molar-refractivity contribution in [1.82, 2.24) is 0 Å². The molecule has 0 spiro atoms. The van der Waals surface area contributed by atoms with Crippen molar-refractivity contribution < 1.29 is 19.1 Å². The molecule has 0 aliphatic carbocycles. The number of amides is 2. The zero-order chi connectivity index (χ0) is 21.0. The second kappa shape index (κ2) is 9.52. The summed E-state index contributed by atoms with van der Waals surface area (Å²) in [6, 6.07) is 10.1. The van der Waals surface area contributed by atoms with Crippen molar-refractivity contribution in [2.45, 2.75) is 6.92 Å². The second-order valence-electron chi connectivity index (χ2n) is 5.86. The summed E-state index contributed by atoms with van der Waals surface area (Å²) in [7, 11) is 0. The minimum Gasteiger partial charge on any atom is -0.490 e. The number of anilines is 1. The van der Waals surface area contributed by atoms with Crippen LogP contribution in [0.15, 0.2) is 58.4 Å². The van der Waals surface area contributed by atoms with Crippen LogP contribution in [-0.4, -0.2) is 24.4 Å². The van der Waals surface area contributed by atoms with Gasteiger partial charge in [-0.25, -0.2) is 4.90 Å². The Hall–Kier alpha value is -2.22. The van der Waals surface area contributed by atoms with Crippen LogP contribution < -0.4 is 14.4 Å². The first-order valence-electron chi connectivity index (χ1n) is 8.68. The average Bonchev–Trinajstić information content (AvgIpc) is 2.95. The smallest absolute Gasteiger partial charge is 0.298 e. The Balaban J connectivity index is 1.93. The molecule has 0 N–H and O–H groups in total. The highest BCUT2D eigenvalue weighted by atomic mass is 79.9. The van der Waals surface area contributed by atoms with E-state index in [2.05, 4.69) is 22.5 Å². The van der Waals surface area contributed by atoms with E-state index in [1.807, 2.05) is 6.92 Å². The lowest BCUT2D eigenvalue weighted by Gasteiger charge is -2.14. The lowest BCUT2D eigenvalue weighted by molar-refractivity contribution is -0.113. The normalized spacial score (nSPS) is 15.1. The summed E-state index contributed by atoms with van der Waals surface area (Å²) in [6.07, 6.45) is 3.30. The molecule has 1 fully saturated rings. The van der Waals surface area contributed by atoms with Gasteiger partial charge in [0, 0.05) is 5.02 Å². The molecule has 8 heteroatoms. The number of imide groups is 1. The van der Waals surface area contributed by atoms with Crippen LogP contribution in [0.2, 0.25) is 5.02 Å². The van der Waals surface area contributed by atoms with Crippen LogP contribution in [0.1, 0.15) is 12.5 Å². The van der Waals surface area contributed by atoms with Gasteiger partial charge >= 0.3 is 0 Å². The van der Waals surface area contributed by atoms with Gasteiger partial charge in [0.2, 0.25) is 0 Å². The molecule has 1 heterocycles. The standard InChI is InChI=1S/C21H17BrClNO4S/c1-3-9-28-19-16(22)10-13(11-17(19)27-4-2)12-18-20(25)24(21(26)29-18)15-7-5-14(23)6-8-15/h3,5-8,10-12H,1,4,9H2,2H3/b18-12+. The summed E-state index contributed by atoms with van der Waals surface area (Å²) in [5, 5.41) is 0.168. The first-order valence-corrected chi connectivity index (χ1v) is 10.7. The number of hydrogen-bond donors (Lipinski definition) is 0. The van der Waals surface area contributed by atoms with Crippen LogP contribution in [0, 0.1) is 0 Å². The molecule has 0 aromatic heterocycles. The Kier molecular flexibility index (Phi) is 7.05. The molecule has 0 radical (unpaired) electrons. The monoisotopic (exact) mass is 493 g/mol. The Morgan fingerprint density at radius 3 is 2.59 bits per heavy atom. The van der Waals surface area contributed by atoms with E-state index in [-0.39, 0.29) is 11.1 Å². The summed E-state index contributed by atoms with van der Waals surface area (Å²) >= 11 is 10.3. The van der Waals surface area contributed by atoms with Crippen molar-refractivity contribution in [3.8, 4) is 11.5 Å². The fourth-order valence-corrected chi connectivity index (χ4v) is 4.19. The van der Waals surface area contributed by atoms with Gasteiger partial charge < -0.3 is 9.47 Å². The van der Waals surface area contributed by atoms with Gasteiger partial charge in [0.15, 0.2) is 11.5 Å². The lowest BCUT2D eigenvalue weighted by atomic mass is 10.1. The number of carbonyl (C=O) groups excluding carboxylic acids is 2. The number of benzene rings is 2. The molecule has 5 nitrogen and oxygen atoms in total. The number of ether oxygens (including phenoxy) is 2. The predicted octanol–water partition coefficient (Wildman–Crippen LogP) is 6.31. The van der Waals surface area contributed by atoms with Crippen LogP contribution in [0.25, 0.3) is 6.08 Å². The Morgan fingerprint density at radius 2 is 1.93 bits per heavy atom. The topological polar surface area (TPSA) is 55.8 Å². The van der Waals surface area contributed by atoms with Crippen LogP contribution in [0.5, 0.6) is 11.5 Å². The largest absolute Gasteiger partial charge is 0.490 e. The van der Waals surface area contributed by atoms with E-state index in [1.54, 1.807) is 48.6 Å². The number of halogens is 2. The minimum absolute atomic E-state index is 0.319. The van der Waals surface area contributed by atoms with E-state index in [0.717, 1.165) is 16.7 Å². The average molecular weight is 495 g/mol. The zero-order valence-electron chi connectivity index (χ0n) is 15.5. The van der Waals surface area contributed by atoms with Gasteiger partial charge in [-0.2, -0.15) is 0 Å². The highest BCUT2D eigenvalue weighted by Gasteiger charge is 2.36. The zero-order valence-corrected chi connectivity index (χ0v) is 18.6. The van der Waals surface area contributed by atoms with Gasteiger partial charge in [0.05, 0.1) is 21.7 Å². The van der Waals surface area contributed by atoms with Gasteiger partial charge in [-0.3, -0.25) is 9.59 Å². The van der Waals surface area contributed by atoms with Crippen LogP contribution in [-0.2, 0) is 4.79 Å². The number of rotatable bonds is 7. The summed E-state index contributed by atoms with van der Waals surface area (Å²) in [6.45, 7) is 6.30. The van der Waals surface area contributed by atoms with Gasteiger partial charge in [0.1, 0.15) is 6.61 Å². The predicted molar refractivity (Wildman–Crippen MR) is 121 cm³/mol. The summed E-state index contributed by atoms with van der Waals surface area (Å²) in [5.41, 5.74) is 1.18. The molecule has 2 amide bonds. The van der Waals surface area contributed by atoms with Gasteiger partial charge in [0.25, 0.3) is 11.1 Å². The fraction of sp³-hybridized carbons (Fsp3) is 0.143. The van der Waals surface area contributed by atoms with E-state index < -0.39 is 0 Å². The Morgan fingerprint density at radius 1 is 1.21 bits per heavy atom. The maximum atomic E-state index is 12.8. The van der Waals surface area contributed by atoms with Crippen LogP contribution in [0.3, 0.4) is 0 Å². The van der Waals surface area contributed by atoms with Gasteiger partial charge in [-0.05, 0) is 82.7 Å².